The molecule has 3 N–H and O–H groups in total. The van der Waals surface area contributed by atoms with E-state index in [2.05, 4.69) is 0 Å². The number of amides is 1. The zero-order valence-corrected chi connectivity index (χ0v) is 10.8. The second-order valence-corrected chi connectivity index (χ2v) is 5.41. The van der Waals surface area contributed by atoms with Crippen LogP contribution >= 0.6 is 0 Å². The highest BCUT2D eigenvalue weighted by molar-refractivity contribution is 5.89. The number of carbonyl (C=O) groups is 2. The van der Waals surface area contributed by atoms with Crippen LogP contribution in [0.3, 0.4) is 0 Å². The zero-order chi connectivity index (χ0) is 13.2. The Bertz CT molecular complexity index is 317. The summed E-state index contributed by atoms with van der Waals surface area (Å²) < 4.78 is 0. The summed E-state index contributed by atoms with van der Waals surface area (Å²) in [5.74, 6) is -0.853. The number of nitrogens with zero attached hydrogens (tertiary/aromatic N) is 1. The monoisotopic (exact) mass is 242 g/mol. The van der Waals surface area contributed by atoms with Crippen LogP contribution in [0.2, 0.25) is 0 Å². The van der Waals surface area contributed by atoms with Crippen molar-refractivity contribution in [2.75, 3.05) is 6.54 Å². The molecule has 0 aliphatic carbocycles. The van der Waals surface area contributed by atoms with Crippen molar-refractivity contribution in [1.82, 2.24) is 4.90 Å². The summed E-state index contributed by atoms with van der Waals surface area (Å²) in [6, 6.07) is -0.591. The van der Waals surface area contributed by atoms with Crippen LogP contribution in [0.15, 0.2) is 0 Å². The molecule has 0 aromatic carbocycles. The summed E-state index contributed by atoms with van der Waals surface area (Å²) in [5, 5.41) is 9.22. The topological polar surface area (TPSA) is 83.6 Å². The molecule has 1 amide bonds. The zero-order valence-electron chi connectivity index (χ0n) is 10.8. The van der Waals surface area contributed by atoms with Crippen molar-refractivity contribution >= 4 is 11.9 Å². The second-order valence-electron chi connectivity index (χ2n) is 5.41. The number of carbonyl (C=O) groups excluding carboxylic acids is 1. The first-order valence-electron chi connectivity index (χ1n) is 6.09. The van der Waals surface area contributed by atoms with E-state index < -0.39 is 17.6 Å². The van der Waals surface area contributed by atoms with Gasteiger partial charge in [-0.3, -0.25) is 4.79 Å². The van der Waals surface area contributed by atoms with Gasteiger partial charge in [0.25, 0.3) is 0 Å². The standard InChI is InChI=1S/C12H22N2O3/c1-8(2)7-9(13)10(15)14-6-4-5-12(14,3)11(16)17/h8-9H,4-7,13H2,1-3H3,(H,16,17). The molecular formula is C12H22N2O3. The lowest BCUT2D eigenvalue weighted by atomic mass is 9.97. The fourth-order valence-electron chi connectivity index (χ4n) is 2.35. The largest absolute Gasteiger partial charge is 0.480 e. The van der Waals surface area contributed by atoms with Crippen molar-refractivity contribution in [3.8, 4) is 0 Å². The quantitative estimate of drug-likeness (QED) is 0.764. The van der Waals surface area contributed by atoms with E-state index in [0.717, 1.165) is 6.42 Å². The van der Waals surface area contributed by atoms with E-state index in [1.165, 1.54) is 4.90 Å². The average molecular weight is 242 g/mol. The van der Waals surface area contributed by atoms with Crippen molar-refractivity contribution in [2.45, 2.75) is 51.6 Å². The number of carboxylic acids is 1. The molecule has 0 aromatic rings. The van der Waals surface area contributed by atoms with Gasteiger partial charge in [-0.2, -0.15) is 0 Å². The van der Waals surface area contributed by atoms with E-state index >= 15 is 0 Å². The molecule has 0 aromatic heterocycles. The Labute approximate surface area is 102 Å². The Kier molecular flexibility index (Phi) is 4.14. The third-order valence-corrected chi connectivity index (χ3v) is 3.41. The minimum atomic E-state index is -1.08. The van der Waals surface area contributed by atoms with Gasteiger partial charge >= 0.3 is 5.97 Å². The minimum absolute atomic E-state index is 0.235. The van der Waals surface area contributed by atoms with E-state index in [1.807, 2.05) is 13.8 Å². The molecule has 2 unspecified atom stereocenters. The third-order valence-electron chi connectivity index (χ3n) is 3.41. The van der Waals surface area contributed by atoms with Gasteiger partial charge in [-0.05, 0) is 32.1 Å². The van der Waals surface area contributed by atoms with Gasteiger partial charge in [0.05, 0.1) is 6.04 Å². The van der Waals surface area contributed by atoms with E-state index in [-0.39, 0.29) is 5.91 Å². The first kappa shape index (κ1) is 14.0. The Hall–Kier alpha value is -1.10. The summed E-state index contributed by atoms with van der Waals surface area (Å²) in [5.41, 5.74) is 4.76. The highest BCUT2D eigenvalue weighted by Gasteiger charge is 2.46. The van der Waals surface area contributed by atoms with Crippen LogP contribution in [-0.4, -0.2) is 40.0 Å². The van der Waals surface area contributed by atoms with Gasteiger partial charge in [0, 0.05) is 6.54 Å². The minimum Gasteiger partial charge on any atom is -0.480 e. The van der Waals surface area contributed by atoms with Crippen molar-refractivity contribution in [2.24, 2.45) is 11.7 Å². The number of aliphatic carboxylic acids is 1. The maximum absolute atomic E-state index is 12.1. The molecule has 1 rings (SSSR count). The molecule has 0 bridgehead atoms. The summed E-state index contributed by atoms with van der Waals surface area (Å²) in [4.78, 5) is 24.8. The lowest BCUT2D eigenvalue weighted by Crippen LogP contribution is -2.55. The van der Waals surface area contributed by atoms with Crippen LogP contribution in [0.1, 0.15) is 40.0 Å². The van der Waals surface area contributed by atoms with Gasteiger partial charge in [-0.15, -0.1) is 0 Å². The molecule has 1 aliphatic heterocycles. The van der Waals surface area contributed by atoms with Crippen molar-refractivity contribution in [3.05, 3.63) is 0 Å². The summed E-state index contributed by atoms with van der Waals surface area (Å²) in [6.45, 7) is 6.08. The van der Waals surface area contributed by atoms with Crippen LogP contribution in [-0.2, 0) is 9.59 Å². The molecule has 2 atom stereocenters. The second kappa shape index (κ2) is 5.04. The molecule has 0 spiro atoms. The summed E-state index contributed by atoms with van der Waals surface area (Å²) in [7, 11) is 0. The molecule has 0 radical (unpaired) electrons. The summed E-state index contributed by atoms with van der Waals surface area (Å²) >= 11 is 0. The van der Waals surface area contributed by atoms with E-state index in [9.17, 15) is 14.7 Å². The van der Waals surface area contributed by atoms with Gasteiger partial charge in [0.15, 0.2) is 0 Å². The third kappa shape index (κ3) is 2.77. The maximum atomic E-state index is 12.1. The molecule has 1 saturated heterocycles. The molecular weight excluding hydrogens is 220 g/mol. The van der Waals surface area contributed by atoms with Crippen LogP contribution in [0.5, 0.6) is 0 Å². The van der Waals surface area contributed by atoms with Crippen molar-refractivity contribution in [3.63, 3.8) is 0 Å². The van der Waals surface area contributed by atoms with Crippen LogP contribution < -0.4 is 5.73 Å². The number of hydrogen-bond acceptors (Lipinski definition) is 3. The number of carboxylic acid groups (broad SMARTS) is 1. The normalized spacial score (nSPS) is 26.3. The Balaban J connectivity index is 2.78. The van der Waals surface area contributed by atoms with Crippen molar-refractivity contribution < 1.29 is 14.7 Å². The lowest BCUT2D eigenvalue weighted by molar-refractivity contribution is -0.155. The highest BCUT2D eigenvalue weighted by atomic mass is 16.4. The fourth-order valence-corrected chi connectivity index (χ4v) is 2.35. The fraction of sp³-hybridized carbons (Fsp3) is 0.833. The van der Waals surface area contributed by atoms with E-state index in [0.29, 0.717) is 25.3 Å². The number of nitrogens with two attached hydrogens (primary N) is 1. The predicted molar refractivity (Wildman–Crippen MR) is 64.4 cm³/mol. The maximum Gasteiger partial charge on any atom is 0.329 e. The highest BCUT2D eigenvalue weighted by Crippen LogP contribution is 2.30. The molecule has 1 heterocycles. The summed E-state index contributed by atoms with van der Waals surface area (Å²) in [6.07, 6.45) is 1.82. The van der Waals surface area contributed by atoms with Gasteiger partial charge in [0.1, 0.15) is 5.54 Å². The van der Waals surface area contributed by atoms with Crippen LogP contribution in [0, 0.1) is 5.92 Å². The Morgan fingerprint density at radius 3 is 2.53 bits per heavy atom. The van der Waals surface area contributed by atoms with E-state index in [4.69, 9.17) is 5.73 Å². The molecule has 17 heavy (non-hydrogen) atoms. The van der Waals surface area contributed by atoms with Gasteiger partial charge in [-0.25, -0.2) is 4.79 Å². The first-order chi connectivity index (χ1) is 7.79. The predicted octanol–water partition coefficient (Wildman–Crippen LogP) is 0.825. The number of likely N-dealkylation sites (tertiary alicyclic amines) is 1. The Morgan fingerprint density at radius 1 is 1.47 bits per heavy atom. The Morgan fingerprint density at radius 2 is 2.06 bits per heavy atom. The molecule has 5 nitrogen and oxygen atoms in total. The van der Waals surface area contributed by atoms with E-state index in [1.54, 1.807) is 6.92 Å². The van der Waals surface area contributed by atoms with Crippen molar-refractivity contribution in [1.29, 1.82) is 0 Å². The number of hydrogen-bond donors (Lipinski definition) is 2. The number of rotatable bonds is 4. The first-order valence-corrected chi connectivity index (χ1v) is 6.09. The molecule has 98 valence electrons. The molecule has 1 aliphatic rings. The van der Waals surface area contributed by atoms with Gasteiger partial charge < -0.3 is 15.7 Å². The smallest absolute Gasteiger partial charge is 0.329 e. The average Bonchev–Trinajstić information content (AvgIpc) is 2.59. The SMILES string of the molecule is CC(C)CC(N)C(=O)N1CCCC1(C)C(=O)O. The van der Waals surface area contributed by atoms with Crippen LogP contribution in [0.25, 0.3) is 0 Å². The van der Waals surface area contributed by atoms with Gasteiger partial charge in [-0.1, -0.05) is 13.8 Å². The molecule has 0 saturated carbocycles. The molecule has 1 fully saturated rings. The van der Waals surface area contributed by atoms with Gasteiger partial charge in [0.2, 0.25) is 5.91 Å². The molecule has 5 heteroatoms. The van der Waals surface area contributed by atoms with Crippen LogP contribution in [0.4, 0.5) is 0 Å². The lowest BCUT2D eigenvalue weighted by Gasteiger charge is -2.33.